The van der Waals surface area contributed by atoms with Gasteiger partial charge in [-0.25, -0.2) is 0 Å². The second-order valence-corrected chi connectivity index (χ2v) is 5.74. The molecule has 122 valence electrons. The van der Waals surface area contributed by atoms with Crippen molar-refractivity contribution in [1.29, 1.82) is 5.26 Å². The van der Waals surface area contributed by atoms with E-state index in [2.05, 4.69) is 16.7 Å². The van der Waals surface area contributed by atoms with Crippen LogP contribution in [0, 0.1) is 17.2 Å². The van der Waals surface area contributed by atoms with Crippen LogP contribution in [-0.4, -0.2) is 19.1 Å². The van der Waals surface area contributed by atoms with Gasteiger partial charge in [-0.15, -0.1) is 0 Å². The Morgan fingerprint density at radius 1 is 1.04 bits per heavy atom. The highest BCUT2D eigenvalue weighted by Crippen LogP contribution is 2.23. The van der Waals surface area contributed by atoms with Crippen molar-refractivity contribution in [1.82, 2.24) is 0 Å². The Hall–Kier alpha value is -2.84. The Bertz CT molecular complexity index is 744. The van der Waals surface area contributed by atoms with Gasteiger partial charge in [0, 0.05) is 30.5 Å². The van der Waals surface area contributed by atoms with Crippen molar-refractivity contribution in [3.05, 3.63) is 54.1 Å². The van der Waals surface area contributed by atoms with Gasteiger partial charge in [0.2, 0.25) is 5.91 Å². The maximum atomic E-state index is 12.2. The van der Waals surface area contributed by atoms with Gasteiger partial charge in [-0.3, -0.25) is 4.79 Å². The molecule has 0 radical (unpaired) electrons. The molecule has 0 aliphatic carbocycles. The van der Waals surface area contributed by atoms with Crippen molar-refractivity contribution in [2.24, 2.45) is 5.92 Å². The van der Waals surface area contributed by atoms with Crippen LogP contribution in [0.25, 0.3) is 0 Å². The smallest absolute Gasteiger partial charge is 0.227 e. The topological polar surface area (TPSA) is 74.2 Å². The van der Waals surface area contributed by atoms with Gasteiger partial charge in [-0.05, 0) is 49.2 Å². The lowest BCUT2D eigenvalue weighted by molar-refractivity contribution is -0.122. The summed E-state index contributed by atoms with van der Waals surface area (Å²) in [5.74, 6) is 0.0768. The molecule has 1 amide bonds. The van der Waals surface area contributed by atoms with Gasteiger partial charge in [0.15, 0.2) is 0 Å². The maximum Gasteiger partial charge on any atom is 0.227 e. The molecule has 24 heavy (non-hydrogen) atoms. The SMILES string of the molecule is N#Cc1ccccc1Nc1ccc(NC(=O)C2CCOCC2)cc1. The minimum Gasteiger partial charge on any atom is -0.381 e. The van der Waals surface area contributed by atoms with E-state index in [1.165, 1.54) is 0 Å². The highest BCUT2D eigenvalue weighted by molar-refractivity contribution is 5.92. The number of hydrogen-bond donors (Lipinski definition) is 2. The second-order valence-electron chi connectivity index (χ2n) is 5.74. The summed E-state index contributed by atoms with van der Waals surface area (Å²) >= 11 is 0. The monoisotopic (exact) mass is 321 g/mol. The zero-order valence-corrected chi connectivity index (χ0v) is 13.3. The number of benzene rings is 2. The Kier molecular flexibility index (Phi) is 5.09. The van der Waals surface area contributed by atoms with E-state index in [9.17, 15) is 4.79 Å². The Morgan fingerprint density at radius 3 is 2.42 bits per heavy atom. The zero-order chi connectivity index (χ0) is 16.8. The van der Waals surface area contributed by atoms with E-state index in [1.807, 2.05) is 42.5 Å². The van der Waals surface area contributed by atoms with Gasteiger partial charge in [0.1, 0.15) is 6.07 Å². The minimum absolute atomic E-state index is 0.0269. The number of nitriles is 1. The molecule has 1 aliphatic heterocycles. The Morgan fingerprint density at radius 2 is 1.71 bits per heavy atom. The summed E-state index contributed by atoms with van der Waals surface area (Å²) in [4.78, 5) is 12.2. The molecule has 0 saturated carbocycles. The van der Waals surface area contributed by atoms with E-state index in [0.29, 0.717) is 18.8 Å². The van der Waals surface area contributed by atoms with Crippen molar-refractivity contribution in [2.45, 2.75) is 12.8 Å². The standard InChI is InChI=1S/C19H19N3O2/c20-13-15-3-1-2-4-18(15)21-16-5-7-17(8-6-16)22-19(23)14-9-11-24-12-10-14/h1-8,14,21H,9-12H2,(H,22,23). The van der Waals surface area contributed by atoms with E-state index >= 15 is 0 Å². The molecule has 5 nitrogen and oxygen atoms in total. The first-order valence-electron chi connectivity index (χ1n) is 8.01. The summed E-state index contributed by atoms with van der Waals surface area (Å²) in [5, 5.41) is 15.3. The van der Waals surface area contributed by atoms with Crippen LogP contribution in [0.3, 0.4) is 0 Å². The lowest BCUT2D eigenvalue weighted by Crippen LogP contribution is -2.28. The number of carbonyl (C=O) groups excluding carboxylic acids is 1. The van der Waals surface area contributed by atoms with Crippen LogP contribution in [0.15, 0.2) is 48.5 Å². The quantitative estimate of drug-likeness (QED) is 0.901. The van der Waals surface area contributed by atoms with E-state index in [0.717, 1.165) is 29.9 Å². The molecule has 1 fully saturated rings. The van der Waals surface area contributed by atoms with Crippen LogP contribution in [0.5, 0.6) is 0 Å². The lowest BCUT2D eigenvalue weighted by Gasteiger charge is -2.21. The maximum absolute atomic E-state index is 12.2. The Labute approximate surface area is 141 Å². The fourth-order valence-electron chi connectivity index (χ4n) is 2.69. The number of nitrogens with one attached hydrogen (secondary N) is 2. The molecule has 0 atom stereocenters. The number of anilines is 3. The van der Waals surface area contributed by atoms with Crippen LogP contribution < -0.4 is 10.6 Å². The van der Waals surface area contributed by atoms with Gasteiger partial charge in [0.25, 0.3) is 0 Å². The van der Waals surface area contributed by atoms with E-state index < -0.39 is 0 Å². The van der Waals surface area contributed by atoms with E-state index in [4.69, 9.17) is 10.00 Å². The molecule has 2 aromatic carbocycles. The summed E-state index contributed by atoms with van der Waals surface area (Å²) in [5.41, 5.74) is 2.99. The largest absolute Gasteiger partial charge is 0.381 e. The van der Waals surface area contributed by atoms with Crippen molar-refractivity contribution < 1.29 is 9.53 Å². The lowest BCUT2D eigenvalue weighted by atomic mass is 9.99. The third-order valence-electron chi connectivity index (χ3n) is 4.07. The molecular formula is C19H19N3O2. The fraction of sp³-hybridized carbons (Fsp3) is 0.263. The summed E-state index contributed by atoms with van der Waals surface area (Å²) in [6.07, 6.45) is 1.55. The molecule has 0 bridgehead atoms. The molecule has 0 unspecified atom stereocenters. The summed E-state index contributed by atoms with van der Waals surface area (Å²) in [7, 11) is 0. The first-order valence-corrected chi connectivity index (χ1v) is 8.01. The normalized spacial score (nSPS) is 14.6. The van der Waals surface area contributed by atoms with Crippen molar-refractivity contribution in [3.63, 3.8) is 0 Å². The van der Waals surface area contributed by atoms with Crippen LogP contribution >= 0.6 is 0 Å². The molecule has 2 N–H and O–H groups in total. The number of ether oxygens (including phenoxy) is 1. The number of nitrogens with zero attached hydrogens (tertiary/aromatic N) is 1. The fourth-order valence-corrected chi connectivity index (χ4v) is 2.69. The molecule has 2 aromatic rings. The van der Waals surface area contributed by atoms with Crippen LogP contribution in [0.4, 0.5) is 17.1 Å². The van der Waals surface area contributed by atoms with Gasteiger partial charge in [-0.2, -0.15) is 5.26 Å². The highest BCUT2D eigenvalue weighted by atomic mass is 16.5. The Balaban J connectivity index is 1.63. The molecule has 0 aromatic heterocycles. The van der Waals surface area contributed by atoms with E-state index in [-0.39, 0.29) is 11.8 Å². The van der Waals surface area contributed by atoms with Crippen molar-refractivity contribution in [3.8, 4) is 6.07 Å². The van der Waals surface area contributed by atoms with Crippen LogP contribution in [-0.2, 0) is 9.53 Å². The number of rotatable bonds is 4. The number of hydrogen-bond acceptors (Lipinski definition) is 4. The highest BCUT2D eigenvalue weighted by Gasteiger charge is 2.21. The first kappa shape index (κ1) is 16.0. The van der Waals surface area contributed by atoms with Gasteiger partial charge >= 0.3 is 0 Å². The predicted molar refractivity (Wildman–Crippen MR) is 93.1 cm³/mol. The van der Waals surface area contributed by atoms with E-state index in [1.54, 1.807) is 6.07 Å². The average Bonchev–Trinajstić information content (AvgIpc) is 2.64. The van der Waals surface area contributed by atoms with Crippen molar-refractivity contribution >= 4 is 23.0 Å². The molecular weight excluding hydrogens is 302 g/mol. The third-order valence-corrected chi connectivity index (χ3v) is 4.07. The van der Waals surface area contributed by atoms with Crippen LogP contribution in [0.1, 0.15) is 18.4 Å². The zero-order valence-electron chi connectivity index (χ0n) is 13.3. The molecule has 1 saturated heterocycles. The summed E-state index contributed by atoms with van der Waals surface area (Å²) in [6, 6.07) is 17.0. The number of amides is 1. The van der Waals surface area contributed by atoms with Crippen LogP contribution in [0.2, 0.25) is 0 Å². The van der Waals surface area contributed by atoms with Crippen molar-refractivity contribution in [2.75, 3.05) is 23.8 Å². The minimum atomic E-state index is 0.0269. The third kappa shape index (κ3) is 3.92. The first-order chi connectivity index (χ1) is 11.8. The molecule has 1 aliphatic rings. The average molecular weight is 321 g/mol. The summed E-state index contributed by atoms with van der Waals surface area (Å²) in [6.45, 7) is 1.30. The molecule has 3 rings (SSSR count). The summed E-state index contributed by atoms with van der Waals surface area (Å²) < 4.78 is 5.28. The molecule has 0 spiro atoms. The second kappa shape index (κ2) is 7.62. The van der Waals surface area contributed by atoms with Gasteiger partial charge in [0.05, 0.1) is 11.3 Å². The number of para-hydroxylation sites is 1. The molecule has 1 heterocycles. The molecule has 5 heteroatoms. The van der Waals surface area contributed by atoms with Gasteiger partial charge in [-0.1, -0.05) is 12.1 Å². The predicted octanol–water partition coefficient (Wildman–Crippen LogP) is 3.67. The number of carbonyl (C=O) groups is 1. The van der Waals surface area contributed by atoms with Gasteiger partial charge < -0.3 is 15.4 Å².